The third kappa shape index (κ3) is 4.64. The van der Waals surface area contributed by atoms with E-state index in [0.29, 0.717) is 18.8 Å². The Balaban J connectivity index is 1.37. The second kappa shape index (κ2) is 8.58. The third-order valence-electron chi connectivity index (χ3n) is 4.61. The van der Waals surface area contributed by atoms with Crippen LogP contribution in [0.3, 0.4) is 0 Å². The van der Waals surface area contributed by atoms with Crippen molar-refractivity contribution in [2.75, 3.05) is 26.2 Å². The standard InChI is InChI=1S/C20H19N3O3S3/c24-20(18-15-28-19(21-18)17-6-12-27-14-17)22-8-10-23(11-9-22)29(25,26)13-7-16-4-2-1-3-5-16/h1-7,12-15H,8-11H2. The maximum atomic E-state index is 12.7. The highest BCUT2D eigenvalue weighted by molar-refractivity contribution is 7.92. The Bertz CT molecular complexity index is 1100. The van der Waals surface area contributed by atoms with Gasteiger partial charge in [0.1, 0.15) is 10.7 Å². The molecule has 0 spiro atoms. The van der Waals surface area contributed by atoms with Gasteiger partial charge in [-0.15, -0.1) is 11.3 Å². The van der Waals surface area contributed by atoms with Crippen molar-refractivity contribution >= 4 is 44.7 Å². The molecule has 150 valence electrons. The van der Waals surface area contributed by atoms with Crippen molar-refractivity contribution in [3.8, 4) is 10.6 Å². The van der Waals surface area contributed by atoms with Gasteiger partial charge in [0.2, 0.25) is 10.0 Å². The van der Waals surface area contributed by atoms with Gasteiger partial charge in [-0.05, 0) is 23.1 Å². The van der Waals surface area contributed by atoms with Crippen molar-refractivity contribution in [1.29, 1.82) is 0 Å². The second-order valence-electron chi connectivity index (χ2n) is 6.50. The van der Waals surface area contributed by atoms with Crippen molar-refractivity contribution in [3.63, 3.8) is 0 Å². The van der Waals surface area contributed by atoms with E-state index in [2.05, 4.69) is 4.98 Å². The molecule has 1 aromatic carbocycles. The minimum atomic E-state index is -3.52. The summed E-state index contributed by atoms with van der Waals surface area (Å²) < 4.78 is 26.5. The Kier molecular flexibility index (Phi) is 5.91. The lowest BCUT2D eigenvalue weighted by atomic mass is 10.2. The number of sulfonamides is 1. The van der Waals surface area contributed by atoms with Crippen LogP contribution in [0.2, 0.25) is 0 Å². The van der Waals surface area contributed by atoms with E-state index >= 15 is 0 Å². The van der Waals surface area contributed by atoms with Gasteiger partial charge in [0.15, 0.2) is 0 Å². The van der Waals surface area contributed by atoms with Crippen LogP contribution in [0.1, 0.15) is 16.1 Å². The number of hydrogen-bond acceptors (Lipinski definition) is 6. The number of hydrogen-bond donors (Lipinski definition) is 0. The Hall–Kier alpha value is -2.33. The molecule has 29 heavy (non-hydrogen) atoms. The number of aromatic nitrogens is 1. The largest absolute Gasteiger partial charge is 0.335 e. The first-order valence-electron chi connectivity index (χ1n) is 9.03. The molecule has 0 aliphatic carbocycles. The number of piperazine rings is 1. The van der Waals surface area contributed by atoms with Crippen LogP contribution < -0.4 is 0 Å². The van der Waals surface area contributed by atoms with Crippen molar-refractivity contribution in [1.82, 2.24) is 14.2 Å². The molecule has 1 aliphatic heterocycles. The lowest BCUT2D eigenvalue weighted by Gasteiger charge is -2.33. The van der Waals surface area contributed by atoms with E-state index in [1.807, 2.05) is 47.2 Å². The molecule has 0 atom stereocenters. The smallest absolute Gasteiger partial charge is 0.273 e. The molecule has 2 aromatic heterocycles. The monoisotopic (exact) mass is 445 g/mol. The van der Waals surface area contributed by atoms with Gasteiger partial charge in [0.05, 0.1) is 0 Å². The molecule has 9 heteroatoms. The van der Waals surface area contributed by atoms with Crippen LogP contribution >= 0.6 is 22.7 Å². The van der Waals surface area contributed by atoms with E-state index < -0.39 is 10.0 Å². The summed E-state index contributed by atoms with van der Waals surface area (Å²) in [5.41, 5.74) is 2.26. The van der Waals surface area contributed by atoms with E-state index in [1.54, 1.807) is 27.7 Å². The lowest BCUT2D eigenvalue weighted by Crippen LogP contribution is -2.50. The zero-order chi connectivity index (χ0) is 20.3. The predicted molar refractivity (Wildman–Crippen MR) is 117 cm³/mol. The number of rotatable bonds is 5. The molecule has 6 nitrogen and oxygen atoms in total. The van der Waals surface area contributed by atoms with Crippen molar-refractivity contribution < 1.29 is 13.2 Å². The van der Waals surface area contributed by atoms with Crippen LogP contribution in [0.4, 0.5) is 0 Å². The van der Waals surface area contributed by atoms with Crippen LogP contribution in [-0.2, 0) is 10.0 Å². The average Bonchev–Trinajstić information content (AvgIpc) is 3.44. The number of benzene rings is 1. The van der Waals surface area contributed by atoms with E-state index in [4.69, 9.17) is 0 Å². The van der Waals surface area contributed by atoms with E-state index in [0.717, 1.165) is 16.1 Å². The molecular formula is C20H19N3O3S3. The maximum Gasteiger partial charge on any atom is 0.273 e. The van der Waals surface area contributed by atoms with Gasteiger partial charge in [0, 0.05) is 47.9 Å². The molecule has 1 fully saturated rings. The molecule has 0 radical (unpaired) electrons. The summed E-state index contributed by atoms with van der Waals surface area (Å²) in [6.07, 6.45) is 1.59. The highest BCUT2D eigenvalue weighted by Crippen LogP contribution is 2.26. The first-order chi connectivity index (χ1) is 14.0. The van der Waals surface area contributed by atoms with Gasteiger partial charge in [-0.25, -0.2) is 13.4 Å². The fourth-order valence-electron chi connectivity index (χ4n) is 3.01. The molecule has 4 rings (SSSR count). The summed E-state index contributed by atoms with van der Waals surface area (Å²) in [6.45, 7) is 1.24. The average molecular weight is 446 g/mol. The minimum Gasteiger partial charge on any atom is -0.335 e. The number of carbonyl (C=O) groups excluding carboxylic acids is 1. The zero-order valence-electron chi connectivity index (χ0n) is 15.5. The lowest BCUT2D eigenvalue weighted by molar-refractivity contribution is 0.0693. The zero-order valence-corrected chi connectivity index (χ0v) is 17.9. The predicted octanol–water partition coefficient (Wildman–Crippen LogP) is 3.63. The fraction of sp³-hybridized carbons (Fsp3) is 0.200. The number of carbonyl (C=O) groups is 1. The van der Waals surface area contributed by atoms with Crippen molar-refractivity contribution in [3.05, 3.63) is 69.2 Å². The Morgan fingerprint density at radius 1 is 1.03 bits per heavy atom. The maximum absolute atomic E-state index is 12.7. The second-order valence-corrected chi connectivity index (χ2v) is 9.96. The van der Waals surface area contributed by atoms with Gasteiger partial charge in [-0.3, -0.25) is 4.79 Å². The number of amides is 1. The van der Waals surface area contributed by atoms with Gasteiger partial charge in [0.25, 0.3) is 5.91 Å². The molecular weight excluding hydrogens is 426 g/mol. The molecule has 0 N–H and O–H groups in total. The first kappa shape index (κ1) is 20.0. The van der Waals surface area contributed by atoms with Crippen LogP contribution in [0, 0.1) is 0 Å². The molecule has 0 unspecified atom stereocenters. The molecule has 1 aliphatic rings. The van der Waals surface area contributed by atoms with Crippen LogP contribution in [0.25, 0.3) is 16.6 Å². The topological polar surface area (TPSA) is 70.6 Å². The van der Waals surface area contributed by atoms with Crippen LogP contribution in [0.5, 0.6) is 0 Å². The number of thiophene rings is 1. The molecule has 3 heterocycles. The first-order valence-corrected chi connectivity index (χ1v) is 12.4. The quantitative estimate of drug-likeness (QED) is 0.601. The minimum absolute atomic E-state index is 0.153. The summed E-state index contributed by atoms with van der Waals surface area (Å²) in [4.78, 5) is 18.9. The number of nitrogens with zero attached hydrogens (tertiary/aromatic N) is 3. The van der Waals surface area contributed by atoms with Gasteiger partial charge >= 0.3 is 0 Å². The van der Waals surface area contributed by atoms with Gasteiger partial charge in [-0.1, -0.05) is 30.3 Å². The molecule has 0 saturated carbocycles. The third-order valence-corrected chi connectivity index (χ3v) is 7.75. The van der Waals surface area contributed by atoms with Crippen LogP contribution in [-0.4, -0.2) is 54.7 Å². The van der Waals surface area contributed by atoms with E-state index in [1.165, 1.54) is 21.1 Å². The summed E-state index contributed by atoms with van der Waals surface area (Å²) in [6, 6.07) is 11.3. The highest BCUT2D eigenvalue weighted by Gasteiger charge is 2.28. The normalized spacial score (nSPS) is 15.8. The number of thiazole rings is 1. The summed E-state index contributed by atoms with van der Waals surface area (Å²) in [7, 11) is -3.52. The molecule has 1 saturated heterocycles. The molecule has 3 aromatic rings. The SMILES string of the molecule is O=C(c1csc(-c2ccsc2)n1)N1CCN(S(=O)(=O)C=Cc2ccccc2)CC1. The van der Waals surface area contributed by atoms with E-state index in [-0.39, 0.29) is 19.0 Å². The fourth-order valence-corrected chi connectivity index (χ4v) is 5.69. The highest BCUT2D eigenvalue weighted by atomic mass is 32.2. The Labute approximate surface area is 177 Å². The summed E-state index contributed by atoms with van der Waals surface area (Å²) in [5.74, 6) is -0.153. The van der Waals surface area contributed by atoms with Crippen molar-refractivity contribution in [2.45, 2.75) is 0 Å². The summed E-state index contributed by atoms with van der Waals surface area (Å²) >= 11 is 3.03. The van der Waals surface area contributed by atoms with Gasteiger partial charge < -0.3 is 4.90 Å². The Morgan fingerprint density at radius 3 is 2.48 bits per heavy atom. The Morgan fingerprint density at radius 2 is 1.79 bits per heavy atom. The summed E-state index contributed by atoms with van der Waals surface area (Å²) in [5, 5.41) is 7.79. The van der Waals surface area contributed by atoms with E-state index in [9.17, 15) is 13.2 Å². The molecule has 0 bridgehead atoms. The molecule has 1 amide bonds. The van der Waals surface area contributed by atoms with Crippen LogP contribution in [0.15, 0.2) is 57.9 Å². The van der Waals surface area contributed by atoms with Gasteiger partial charge in [-0.2, -0.15) is 15.6 Å². The van der Waals surface area contributed by atoms with Crippen molar-refractivity contribution in [2.24, 2.45) is 0 Å².